The fourth-order valence-electron chi connectivity index (χ4n) is 3.38. The van der Waals surface area contributed by atoms with Gasteiger partial charge in [-0.2, -0.15) is 0 Å². The summed E-state index contributed by atoms with van der Waals surface area (Å²) in [4.78, 5) is 20.8. The highest BCUT2D eigenvalue weighted by Gasteiger charge is 2.41. The summed E-state index contributed by atoms with van der Waals surface area (Å²) in [5.74, 6) is -0.266. The van der Waals surface area contributed by atoms with Crippen molar-refractivity contribution in [3.05, 3.63) is 47.8 Å². The van der Waals surface area contributed by atoms with E-state index in [1.807, 2.05) is 43.6 Å². The molecule has 1 aromatic heterocycles. The third kappa shape index (κ3) is 5.32. The van der Waals surface area contributed by atoms with Crippen LogP contribution in [0.5, 0.6) is 0 Å². The zero-order valence-corrected chi connectivity index (χ0v) is 17.9. The van der Waals surface area contributed by atoms with Crippen molar-refractivity contribution in [2.45, 2.75) is 76.5 Å². The molecule has 2 rings (SSSR count). The molecule has 2 aromatic rings. The number of rotatable bonds is 11. The summed E-state index contributed by atoms with van der Waals surface area (Å²) in [5, 5.41) is 9.23. The van der Waals surface area contributed by atoms with Gasteiger partial charge in [-0.05, 0) is 37.3 Å². The Morgan fingerprint density at radius 2 is 1.68 bits per heavy atom. The van der Waals surface area contributed by atoms with Crippen LogP contribution in [0.1, 0.15) is 70.4 Å². The van der Waals surface area contributed by atoms with Gasteiger partial charge in [0.1, 0.15) is 5.41 Å². The molecule has 0 radical (unpaired) electrons. The molecule has 0 spiro atoms. The van der Waals surface area contributed by atoms with Gasteiger partial charge in [0.25, 0.3) is 0 Å². The maximum atomic E-state index is 11.8. The van der Waals surface area contributed by atoms with Gasteiger partial charge < -0.3 is 5.11 Å². The normalized spacial score (nSPS) is 14.4. The van der Waals surface area contributed by atoms with Crippen LogP contribution in [0.4, 0.5) is 0 Å². The van der Waals surface area contributed by atoms with E-state index in [9.17, 15) is 9.90 Å². The molecule has 0 aliphatic carbocycles. The molecule has 28 heavy (non-hydrogen) atoms. The highest BCUT2D eigenvalue weighted by Crippen LogP contribution is 2.34. The molecule has 0 saturated carbocycles. The van der Waals surface area contributed by atoms with Gasteiger partial charge in [0.05, 0.1) is 5.38 Å². The summed E-state index contributed by atoms with van der Waals surface area (Å²) in [6.45, 7) is 5.79. The minimum Gasteiger partial charge on any atom is -0.481 e. The second-order valence-electron chi connectivity index (χ2n) is 7.54. The van der Waals surface area contributed by atoms with E-state index in [-0.39, 0.29) is 0 Å². The number of aromatic nitrogens is 2. The van der Waals surface area contributed by atoms with E-state index in [0.717, 1.165) is 17.5 Å². The number of nitrogens with zero attached hydrogens (tertiary/aromatic N) is 2. The largest absolute Gasteiger partial charge is 0.481 e. The van der Waals surface area contributed by atoms with Gasteiger partial charge >= 0.3 is 5.97 Å². The average molecular weight is 403 g/mol. The number of unbranched alkanes of at least 4 members (excludes halogenated alkanes) is 4. The average Bonchev–Trinajstić information content (AvgIpc) is 2.73. The van der Waals surface area contributed by atoms with Crippen molar-refractivity contribution in [3.8, 4) is 11.4 Å². The van der Waals surface area contributed by atoms with Gasteiger partial charge in [-0.15, -0.1) is 11.6 Å². The molecule has 1 N–H and O–H groups in total. The van der Waals surface area contributed by atoms with Gasteiger partial charge in [-0.3, -0.25) is 4.79 Å². The van der Waals surface area contributed by atoms with Crippen LogP contribution in [-0.2, 0) is 16.6 Å². The first kappa shape index (κ1) is 22.4. The molecular weight excluding hydrogens is 372 g/mol. The first-order chi connectivity index (χ1) is 13.4. The van der Waals surface area contributed by atoms with E-state index in [0.29, 0.717) is 17.8 Å². The minimum atomic E-state index is -1.13. The predicted molar refractivity (Wildman–Crippen MR) is 115 cm³/mol. The van der Waals surface area contributed by atoms with Crippen molar-refractivity contribution in [1.29, 1.82) is 0 Å². The molecule has 2 atom stereocenters. The number of aliphatic carboxylic acids is 1. The van der Waals surface area contributed by atoms with Gasteiger partial charge in [0.2, 0.25) is 0 Å². The van der Waals surface area contributed by atoms with Crippen molar-refractivity contribution >= 4 is 17.6 Å². The van der Waals surface area contributed by atoms with E-state index in [1.165, 1.54) is 32.1 Å². The lowest BCUT2D eigenvalue weighted by Crippen LogP contribution is -2.41. The third-order valence-corrected chi connectivity index (χ3v) is 6.19. The van der Waals surface area contributed by atoms with E-state index in [4.69, 9.17) is 11.6 Å². The highest BCUT2D eigenvalue weighted by molar-refractivity contribution is 6.23. The number of carbonyl (C=O) groups is 1. The second-order valence-corrected chi connectivity index (χ2v) is 8.07. The van der Waals surface area contributed by atoms with Gasteiger partial charge in [-0.1, -0.05) is 63.8 Å². The topological polar surface area (TPSA) is 63.1 Å². The lowest BCUT2D eigenvalue weighted by molar-refractivity contribution is -0.143. The summed E-state index contributed by atoms with van der Waals surface area (Å²) >= 11 is 6.34. The van der Waals surface area contributed by atoms with Gasteiger partial charge in [-0.25, -0.2) is 9.97 Å². The van der Waals surface area contributed by atoms with Crippen molar-refractivity contribution in [2.75, 3.05) is 0 Å². The number of aryl methyl sites for hydroxylation is 1. The summed E-state index contributed by atoms with van der Waals surface area (Å²) in [6, 6.07) is 7.38. The molecule has 0 fully saturated rings. The Morgan fingerprint density at radius 3 is 2.21 bits per heavy atom. The fourth-order valence-corrected chi connectivity index (χ4v) is 3.60. The molecule has 1 aromatic carbocycles. The highest BCUT2D eigenvalue weighted by atomic mass is 35.5. The number of halogens is 1. The van der Waals surface area contributed by atoms with E-state index >= 15 is 0 Å². The molecular formula is C23H31ClN2O2. The number of carboxylic acid groups (broad SMARTS) is 1. The smallest absolute Gasteiger partial charge is 0.315 e. The van der Waals surface area contributed by atoms with Crippen LogP contribution >= 0.6 is 11.6 Å². The molecule has 2 unspecified atom stereocenters. The third-order valence-electron chi connectivity index (χ3n) is 5.45. The Morgan fingerprint density at radius 1 is 1.07 bits per heavy atom. The minimum absolute atomic E-state index is 0.483. The zero-order valence-electron chi connectivity index (χ0n) is 17.1. The maximum Gasteiger partial charge on any atom is 0.315 e. The SMILES string of the molecule is CCCCCCCc1cnc(-c2ccc(C(C)(C(=O)O)C(Cl)CC)cc2)nc1. The van der Waals surface area contributed by atoms with E-state index in [2.05, 4.69) is 16.9 Å². The Hall–Kier alpha value is -1.94. The van der Waals surface area contributed by atoms with E-state index in [1.54, 1.807) is 6.92 Å². The Labute approximate surface area is 173 Å². The molecule has 0 saturated heterocycles. The van der Waals surface area contributed by atoms with Crippen LogP contribution in [0.25, 0.3) is 11.4 Å². The Balaban J connectivity index is 2.07. The monoisotopic (exact) mass is 402 g/mol. The Bertz CT molecular complexity index is 746. The van der Waals surface area contributed by atoms with Crippen LogP contribution < -0.4 is 0 Å². The summed E-state index contributed by atoms with van der Waals surface area (Å²) in [5.41, 5.74) is 1.59. The molecule has 0 bridgehead atoms. The second kappa shape index (κ2) is 10.6. The fraction of sp³-hybridized carbons (Fsp3) is 0.522. The summed E-state index contributed by atoms with van der Waals surface area (Å²) in [6.07, 6.45) is 11.6. The van der Waals surface area contributed by atoms with Crippen molar-refractivity contribution in [1.82, 2.24) is 9.97 Å². The molecule has 0 aliphatic heterocycles. The summed E-state index contributed by atoms with van der Waals surface area (Å²) < 4.78 is 0. The molecule has 1 heterocycles. The first-order valence-corrected chi connectivity index (χ1v) is 10.7. The van der Waals surface area contributed by atoms with Gasteiger partial charge in [0, 0.05) is 18.0 Å². The molecule has 4 nitrogen and oxygen atoms in total. The lowest BCUT2D eigenvalue weighted by atomic mass is 9.78. The first-order valence-electron chi connectivity index (χ1n) is 10.2. The quantitative estimate of drug-likeness (QED) is 0.369. The van der Waals surface area contributed by atoms with Crippen LogP contribution in [0, 0.1) is 0 Å². The number of hydrogen-bond donors (Lipinski definition) is 1. The zero-order chi connectivity index (χ0) is 20.6. The van der Waals surface area contributed by atoms with Crippen LogP contribution in [-0.4, -0.2) is 26.4 Å². The molecule has 0 aliphatic rings. The maximum absolute atomic E-state index is 11.8. The summed E-state index contributed by atoms with van der Waals surface area (Å²) in [7, 11) is 0. The van der Waals surface area contributed by atoms with Crippen LogP contribution in [0.2, 0.25) is 0 Å². The number of alkyl halides is 1. The Kier molecular flexibility index (Phi) is 8.43. The number of hydrogen-bond acceptors (Lipinski definition) is 3. The molecule has 0 amide bonds. The van der Waals surface area contributed by atoms with Crippen LogP contribution in [0.15, 0.2) is 36.7 Å². The van der Waals surface area contributed by atoms with Crippen molar-refractivity contribution in [3.63, 3.8) is 0 Å². The van der Waals surface area contributed by atoms with Crippen molar-refractivity contribution < 1.29 is 9.90 Å². The van der Waals surface area contributed by atoms with Crippen molar-refractivity contribution in [2.24, 2.45) is 0 Å². The number of carboxylic acids is 1. The number of benzene rings is 1. The van der Waals surface area contributed by atoms with Crippen LogP contribution in [0.3, 0.4) is 0 Å². The van der Waals surface area contributed by atoms with E-state index < -0.39 is 16.8 Å². The van der Waals surface area contributed by atoms with Gasteiger partial charge in [0.15, 0.2) is 5.82 Å². The standard InChI is InChI=1S/C23H31ClN2O2/c1-4-6-7-8-9-10-17-15-25-21(26-16-17)18-11-13-19(14-12-18)23(3,22(27)28)20(24)5-2/h11-16,20H,4-10H2,1-3H3,(H,27,28). The molecule has 152 valence electrons. The predicted octanol–water partition coefficient (Wildman–Crippen LogP) is 6.02. The molecule has 5 heteroatoms. The lowest BCUT2D eigenvalue weighted by Gasteiger charge is -2.29.